The van der Waals surface area contributed by atoms with Gasteiger partial charge in [-0.15, -0.1) is 0 Å². The van der Waals surface area contributed by atoms with Crippen molar-refractivity contribution in [2.45, 2.75) is 156 Å². The molecule has 8 aromatic heterocycles. The maximum Gasteiger partial charge on any atom is 1.00 e. The average Bonchev–Trinajstić information content (AvgIpc) is 1.60. The van der Waals surface area contributed by atoms with Crippen LogP contribution >= 0.6 is 0 Å². The number of hydrogen-bond acceptors (Lipinski definition) is 17. The Hall–Kier alpha value is -6.83. The van der Waals surface area contributed by atoms with E-state index >= 15 is 0 Å². The smallest absolute Gasteiger partial charge is 0.397 e. The summed E-state index contributed by atoms with van der Waals surface area (Å²) in [6.07, 6.45) is -23.1. The number of rotatable bonds is 21. The van der Waals surface area contributed by atoms with Crippen LogP contribution in [0.3, 0.4) is 0 Å². The van der Waals surface area contributed by atoms with Crippen LogP contribution in [0.5, 0.6) is 0 Å². The van der Waals surface area contributed by atoms with E-state index in [1.54, 1.807) is 6.92 Å². The van der Waals surface area contributed by atoms with Crippen LogP contribution in [0.15, 0.2) is 63.6 Å². The maximum absolute atomic E-state index is 12.9. The van der Waals surface area contributed by atoms with E-state index in [4.69, 9.17) is 60.2 Å². The molecule has 0 radical (unpaired) electrons. The Morgan fingerprint density at radius 2 is 0.753 bits per heavy atom. The molecule has 0 amide bonds. The molecule has 0 spiro atoms. The molecular weight excluding hydrogens is 1110 g/mol. The first kappa shape index (κ1) is 30.7. The Bertz CT molecular complexity index is 5430. The number of hydrogen-bond donors (Lipinski definition) is 4. The standard InChI is InChI=1S/3C13H20N4O3.C13H18N4O3.C2H6O.BH4.Na/c4*1-9(18)6-4-5-7-17-12(19)10-11(14-8-15(10)2)16(3)13(17)20;1-2-3;;/h3*8-9,18H,4-7H2,1-3H3;8H,4-7H2,1-3H3;3H,2H2,1H3;1H4;/q;;;;;-1;+1/t2*9-;;;;;/m10...../s1/i3*2D3,3D3,6D2,8D,9D;2D3,3D3,6D2,8D;3D;1D4;. The summed E-state index contributed by atoms with van der Waals surface area (Å²) in [5.74, 6) is -0.750. The van der Waals surface area contributed by atoms with Crippen molar-refractivity contribution in [1.29, 1.82) is 6.77 Å². The zero-order valence-corrected chi connectivity index (χ0v) is 48.3. The molecule has 0 aromatic carbocycles. The monoisotopic (exact) mass is 1250 g/mol. The molecule has 0 bridgehead atoms. The topological polar surface area (TPSA) is 345 Å². The van der Waals surface area contributed by atoms with E-state index in [1.807, 2.05) is 0 Å². The third kappa shape index (κ3) is 18.6. The number of carbonyl (C=O) groups is 1. The molecule has 31 heteroatoms. The predicted octanol–water partition coefficient (Wildman–Crippen LogP) is -4.30. The van der Waals surface area contributed by atoms with Gasteiger partial charge in [-0.25, -0.2) is 44.5 Å². The van der Waals surface area contributed by atoms with E-state index in [1.165, 1.54) is 0 Å². The van der Waals surface area contributed by atoms with Crippen LogP contribution in [0.25, 0.3) is 44.7 Å². The van der Waals surface area contributed by atoms with Gasteiger partial charge in [-0.05, 0) is 105 Å². The minimum absolute atomic E-state index is 0. The minimum Gasteiger partial charge on any atom is -0.397 e. The van der Waals surface area contributed by atoms with Crippen LogP contribution in [0.2, 0.25) is 0 Å². The van der Waals surface area contributed by atoms with Gasteiger partial charge in [0.25, 0.3) is 22.2 Å². The molecule has 1 unspecified atom stereocenters. The second-order valence-corrected chi connectivity index (χ2v) is 16.9. The quantitative estimate of drug-likeness (QED) is 0.0495. The Morgan fingerprint density at radius 3 is 0.941 bits per heavy atom. The number of carbonyl (C=O) groups excluding carboxylic acids is 1. The Morgan fingerprint density at radius 1 is 0.518 bits per heavy atom. The first-order valence-electron chi connectivity index (χ1n) is 46.3. The fourth-order valence-electron chi connectivity index (χ4n) is 7.10. The van der Waals surface area contributed by atoms with Crippen LogP contribution in [0.4, 0.5) is 0 Å². The van der Waals surface area contributed by atoms with Gasteiger partial charge in [0.2, 0.25) is 1.43 Å². The van der Waals surface area contributed by atoms with Gasteiger partial charge in [-0.2, -0.15) is 0 Å². The summed E-state index contributed by atoms with van der Waals surface area (Å²) in [7, 11) is -3.00. The van der Waals surface area contributed by atoms with Gasteiger partial charge in [0.05, 0.1) is 47.6 Å². The van der Waals surface area contributed by atoms with Crippen LogP contribution in [-0.4, -0.2) is 141 Å². The summed E-state index contributed by atoms with van der Waals surface area (Å²) >= 11 is 0. The normalized spacial score (nSPS) is 22.6. The number of fused-ring (bicyclic) bond motifs is 4. The molecule has 8 heterocycles. The first-order chi connectivity index (χ1) is 56.8. The van der Waals surface area contributed by atoms with Gasteiger partial charge in [0.15, 0.2) is 44.7 Å². The number of aliphatic hydroxyl groups is 4. The van der Waals surface area contributed by atoms with Crippen molar-refractivity contribution < 1.29 is 108 Å². The van der Waals surface area contributed by atoms with Crippen LogP contribution in [0.1, 0.15) is 165 Å². The number of ketones is 1. The molecule has 0 fully saturated rings. The Balaban J connectivity index is 0.000000561. The van der Waals surface area contributed by atoms with Crippen molar-refractivity contribution in [1.82, 2.24) is 74.7 Å². The van der Waals surface area contributed by atoms with Gasteiger partial charge in [-0.1, -0.05) is 8.27 Å². The van der Waals surface area contributed by atoms with E-state index in [0.717, 1.165) is 27.7 Å². The van der Waals surface area contributed by atoms with E-state index in [0.29, 0.717) is 24.9 Å². The molecule has 4 N–H and O–H groups in total. The Kier molecular flexibility index (Phi) is 12.4. The molecule has 8 rings (SSSR count). The molecule has 0 aliphatic carbocycles. The molecule has 85 heavy (non-hydrogen) atoms. The van der Waals surface area contributed by atoms with E-state index in [-0.39, 0.29) is 98.2 Å². The second-order valence-electron chi connectivity index (χ2n) is 16.9. The molecule has 29 nitrogen and oxygen atoms in total. The number of aliphatic hydroxyl groups excluding tert-OH is 1. The SMILES string of the molecule is [2H]OCC.[2H][B-]([2H])([2H])[2H].[2H]c1nc2c(c(=O)n(CCCC([2H])([2H])C(C)=O)c(=O)n2C([2H])([2H])[2H])n1C([2H])([2H])[2H].[2H]c1nc2c(c(=O)n(CCCC([2H])([2H])C([2H])(C)O)c(=O)n2C([2H])([2H])[2H])n1C([2H])([2H])[2H].[2H]c1nc2c(c(=O)n(CCCC([2H])([2H])[C@@]([2H])(C)O)c(=O)n2C([2H])([2H])[2H])n1C([2H])([2H])[2H].[2H]c1nc2c(c(=O)n(CCCC([2H])([2H])[C@]([2H])(C)O)c(=O)n2C([2H])([2H])[2H])n1C([2H])([2H])[2H].[Na+]. The molecule has 0 aliphatic rings. The molecule has 8 aromatic rings. The Labute approximate surface area is 575 Å². The van der Waals surface area contributed by atoms with Crippen molar-refractivity contribution in [2.24, 2.45) is 55.8 Å². The van der Waals surface area contributed by atoms with Crippen LogP contribution in [-0.2, 0) is 86.8 Å². The summed E-state index contributed by atoms with van der Waals surface area (Å²) < 4.78 is 329. The molecule has 3 atom stereocenters. The van der Waals surface area contributed by atoms with Crippen LogP contribution < -0.4 is 74.6 Å². The van der Waals surface area contributed by atoms with Gasteiger partial charge >= 0.3 is 52.3 Å². The summed E-state index contributed by atoms with van der Waals surface area (Å²) in [4.78, 5) is 127. The summed E-state index contributed by atoms with van der Waals surface area (Å²) in [5.41, 5.74) is -16.2. The number of Topliss-reactive ketones (excluding diaryl/α,β-unsaturated/α-hetero) is 1. The minimum atomic E-state index is -3.15. The van der Waals surface area contributed by atoms with Gasteiger partial charge < -0.3 is 43.5 Å². The van der Waals surface area contributed by atoms with Crippen molar-refractivity contribution in [2.75, 3.05) is 6.61 Å². The summed E-state index contributed by atoms with van der Waals surface area (Å²) in [5, 5.41) is 32.5. The number of aromatic nitrogens is 16. The van der Waals surface area contributed by atoms with Crippen LogP contribution in [0, 0.1) is 0 Å². The second kappa shape index (κ2) is 34.4. The fraction of sp³-hybridized carbons (Fsp3) is 0.611. The average molecular weight is 1250 g/mol. The molecule has 466 valence electrons. The fourth-order valence-corrected chi connectivity index (χ4v) is 7.10. The number of imidazole rings is 4. The van der Waals surface area contributed by atoms with Crippen molar-refractivity contribution >= 4 is 58.7 Å². The predicted molar refractivity (Wildman–Crippen MR) is 326 cm³/mol. The van der Waals surface area contributed by atoms with Crippen molar-refractivity contribution in [3.05, 3.63) is 109 Å². The largest absolute Gasteiger partial charge is 1.00 e. The molecule has 0 aliphatic heterocycles. The van der Waals surface area contributed by atoms with E-state index in [9.17, 15) is 58.5 Å². The molecular formula is C54H88BN16NaO13. The third-order valence-corrected chi connectivity index (χ3v) is 10.8. The number of nitrogens with zero attached hydrogens (tertiary/aromatic N) is 16. The zero-order chi connectivity index (χ0) is 101. The van der Waals surface area contributed by atoms with Crippen molar-refractivity contribution in [3.63, 3.8) is 0 Å². The van der Waals surface area contributed by atoms with Gasteiger partial charge in [-0.3, -0.25) is 55.7 Å². The summed E-state index contributed by atoms with van der Waals surface area (Å²) in [6.45, 7) is -20.7. The summed E-state index contributed by atoms with van der Waals surface area (Å²) in [6, 6.07) is 0. The number of aryl methyl sites for hydroxylation is 8. The molecule has 0 saturated carbocycles. The first-order valence-corrected chi connectivity index (χ1v) is 24.1. The zero-order valence-electron chi connectivity index (χ0n) is 90.3. The third-order valence-electron chi connectivity index (χ3n) is 10.8. The van der Waals surface area contributed by atoms with E-state index < -0.39 is 274 Å². The van der Waals surface area contributed by atoms with E-state index in [2.05, 4.69) is 25.0 Å². The maximum atomic E-state index is 12.9. The van der Waals surface area contributed by atoms with Crippen molar-refractivity contribution in [3.8, 4) is 0 Å². The molecule has 0 saturated heterocycles. The van der Waals surface area contributed by atoms with Gasteiger partial charge in [0, 0.05) is 139 Å². The van der Waals surface area contributed by atoms with Gasteiger partial charge in [0.1, 0.15) is 11.3 Å².